The van der Waals surface area contributed by atoms with Gasteiger partial charge in [0.05, 0.1) is 11.0 Å². The van der Waals surface area contributed by atoms with Crippen molar-refractivity contribution in [3.05, 3.63) is 58.8 Å². The Hall–Kier alpha value is -2.37. The molecule has 2 aromatic carbocycles. The minimum absolute atomic E-state index is 0. The normalized spacial score (nSPS) is 15.2. The minimum atomic E-state index is 0. The average Bonchev–Trinajstić information content (AvgIpc) is 2.65. The highest BCUT2D eigenvalue weighted by Crippen LogP contribution is 2.20. The maximum absolute atomic E-state index is 12.8. The zero-order valence-electron chi connectivity index (χ0n) is 14.4. The number of benzene rings is 2. The van der Waals surface area contributed by atoms with Gasteiger partial charge in [-0.2, -0.15) is 0 Å². The lowest BCUT2D eigenvalue weighted by molar-refractivity contribution is -0.132. The summed E-state index contributed by atoms with van der Waals surface area (Å²) in [6.07, 6.45) is 1.69. The Morgan fingerprint density at radius 3 is 2.00 bits per heavy atom. The van der Waals surface area contributed by atoms with Gasteiger partial charge in [-0.15, -0.1) is 12.4 Å². The molecule has 1 aliphatic rings. The van der Waals surface area contributed by atoms with Crippen LogP contribution in [0.2, 0.25) is 0 Å². The summed E-state index contributed by atoms with van der Waals surface area (Å²) in [5, 5.41) is 1.30. The van der Waals surface area contributed by atoms with Gasteiger partial charge in [-0.25, -0.2) is 0 Å². The molecule has 6 heteroatoms. The van der Waals surface area contributed by atoms with E-state index in [2.05, 4.69) is 0 Å². The van der Waals surface area contributed by atoms with E-state index in [1.54, 1.807) is 0 Å². The van der Waals surface area contributed by atoms with Gasteiger partial charge in [0.25, 0.3) is 0 Å². The molecule has 1 aliphatic heterocycles. The van der Waals surface area contributed by atoms with Crippen molar-refractivity contribution in [3.8, 4) is 0 Å². The first-order valence-electron chi connectivity index (χ1n) is 8.69. The van der Waals surface area contributed by atoms with E-state index in [4.69, 9.17) is 5.73 Å². The van der Waals surface area contributed by atoms with Crippen LogP contribution in [0.15, 0.2) is 53.3 Å². The van der Waals surface area contributed by atoms with Crippen molar-refractivity contribution in [2.75, 3.05) is 13.1 Å². The van der Waals surface area contributed by atoms with Gasteiger partial charge < -0.3 is 15.2 Å². The first kappa shape index (κ1) is 18.4. The molecular formula is C20H22ClN3O2. The molecule has 5 nitrogen and oxygen atoms in total. The Morgan fingerprint density at radius 1 is 0.962 bits per heavy atom. The number of rotatable bonds is 2. The monoisotopic (exact) mass is 371 g/mol. The molecule has 136 valence electrons. The van der Waals surface area contributed by atoms with Gasteiger partial charge in [-0.05, 0) is 37.1 Å². The zero-order valence-corrected chi connectivity index (χ0v) is 15.2. The number of halogens is 1. The predicted molar refractivity (Wildman–Crippen MR) is 107 cm³/mol. The van der Waals surface area contributed by atoms with Crippen LogP contribution in [0.25, 0.3) is 21.8 Å². The lowest BCUT2D eigenvalue weighted by atomic mass is 10.1. The molecule has 2 N–H and O–H groups in total. The fourth-order valence-electron chi connectivity index (χ4n) is 3.63. The second kappa shape index (κ2) is 7.48. The fraction of sp³-hybridized carbons (Fsp3) is 0.300. The summed E-state index contributed by atoms with van der Waals surface area (Å²) in [5.74, 6) is 0.0749. The molecule has 1 amide bonds. The van der Waals surface area contributed by atoms with Crippen LogP contribution in [0.5, 0.6) is 0 Å². The number of carbonyl (C=O) groups is 1. The molecule has 0 unspecified atom stereocenters. The maximum atomic E-state index is 12.8. The van der Waals surface area contributed by atoms with E-state index < -0.39 is 0 Å². The lowest BCUT2D eigenvalue weighted by Crippen LogP contribution is -2.44. The van der Waals surface area contributed by atoms with Crippen LogP contribution in [0.3, 0.4) is 0 Å². The third-order valence-corrected chi connectivity index (χ3v) is 5.06. The summed E-state index contributed by atoms with van der Waals surface area (Å²) < 4.78 is 1.96. The first-order chi connectivity index (χ1) is 12.1. The fourth-order valence-corrected chi connectivity index (χ4v) is 3.63. The predicted octanol–water partition coefficient (Wildman–Crippen LogP) is 2.53. The van der Waals surface area contributed by atoms with Gasteiger partial charge in [-0.1, -0.05) is 24.3 Å². The van der Waals surface area contributed by atoms with Crippen LogP contribution < -0.4 is 11.2 Å². The van der Waals surface area contributed by atoms with Gasteiger partial charge in [0, 0.05) is 29.9 Å². The number of pyridine rings is 1. The van der Waals surface area contributed by atoms with Crippen molar-refractivity contribution >= 4 is 40.1 Å². The smallest absolute Gasteiger partial charge is 0.242 e. The number of hydrogen-bond acceptors (Lipinski definition) is 3. The number of nitrogens with zero attached hydrogens (tertiary/aromatic N) is 2. The van der Waals surface area contributed by atoms with E-state index in [1.165, 1.54) is 0 Å². The zero-order chi connectivity index (χ0) is 17.4. The van der Waals surface area contributed by atoms with Crippen molar-refractivity contribution in [2.45, 2.75) is 25.4 Å². The Kier molecular flexibility index (Phi) is 5.30. The highest BCUT2D eigenvalue weighted by molar-refractivity contribution is 5.94. The van der Waals surface area contributed by atoms with Crippen LogP contribution in [-0.4, -0.2) is 34.5 Å². The number of likely N-dealkylation sites (tertiary alicyclic amines) is 1. The summed E-state index contributed by atoms with van der Waals surface area (Å²) in [4.78, 5) is 27.5. The topological polar surface area (TPSA) is 68.3 Å². The van der Waals surface area contributed by atoms with Crippen LogP contribution in [0.4, 0.5) is 0 Å². The Balaban J connectivity index is 0.00000196. The second-order valence-corrected chi connectivity index (χ2v) is 6.67. The van der Waals surface area contributed by atoms with E-state index in [0.29, 0.717) is 23.9 Å². The molecule has 4 rings (SSSR count). The molecule has 0 radical (unpaired) electrons. The number of fused-ring (bicyclic) bond motifs is 2. The molecule has 26 heavy (non-hydrogen) atoms. The molecule has 0 aliphatic carbocycles. The van der Waals surface area contributed by atoms with Crippen molar-refractivity contribution in [3.63, 3.8) is 0 Å². The second-order valence-electron chi connectivity index (χ2n) is 6.67. The quantitative estimate of drug-likeness (QED) is 0.704. The van der Waals surface area contributed by atoms with Gasteiger partial charge >= 0.3 is 0 Å². The highest BCUT2D eigenvalue weighted by Gasteiger charge is 2.21. The molecule has 2 heterocycles. The largest absolute Gasteiger partial charge is 0.341 e. The Morgan fingerprint density at radius 2 is 1.46 bits per heavy atom. The lowest BCUT2D eigenvalue weighted by Gasteiger charge is -2.30. The number of hydrogen-bond donors (Lipinski definition) is 1. The third kappa shape index (κ3) is 3.20. The van der Waals surface area contributed by atoms with Gasteiger partial charge in [0.2, 0.25) is 5.91 Å². The molecule has 1 fully saturated rings. The van der Waals surface area contributed by atoms with Gasteiger partial charge in [0.15, 0.2) is 5.43 Å². The standard InChI is InChI=1S/C20H21N3O2.ClH/c21-14-9-11-22(12-10-14)19(24)13-23-17-7-3-1-5-15(17)20(25)16-6-2-4-8-18(16)23;/h1-8,14H,9-13,21H2;1H. The first-order valence-corrected chi connectivity index (χ1v) is 8.69. The average molecular weight is 372 g/mol. The van der Waals surface area contributed by atoms with Crippen molar-refractivity contribution < 1.29 is 4.79 Å². The Bertz CT molecular complexity index is 947. The Labute approximate surface area is 157 Å². The summed E-state index contributed by atoms with van der Waals surface area (Å²) in [5.41, 5.74) is 7.55. The number of nitrogens with two attached hydrogens (primary N) is 1. The molecule has 0 saturated carbocycles. The molecular weight excluding hydrogens is 350 g/mol. The number of aromatic nitrogens is 1. The van der Waals surface area contributed by atoms with Crippen LogP contribution in [0.1, 0.15) is 12.8 Å². The SMILES string of the molecule is Cl.NC1CCN(C(=O)Cn2c3ccccc3c(=O)c3ccccc32)CC1. The van der Waals surface area contributed by atoms with Crippen LogP contribution in [0, 0.1) is 0 Å². The number of carbonyl (C=O) groups excluding carboxylic acids is 1. The van der Waals surface area contributed by atoms with Crippen molar-refractivity contribution in [1.29, 1.82) is 0 Å². The van der Waals surface area contributed by atoms with E-state index in [1.807, 2.05) is 58.0 Å². The summed E-state index contributed by atoms with van der Waals surface area (Å²) in [6, 6.07) is 15.2. The number of amides is 1. The summed E-state index contributed by atoms with van der Waals surface area (Å²) in [6.45, 7) is 1.64. The molecule has 0 atom stereocenters. The third-order valence-electron chi connectivity index (χ3n) is 5.06. The van der Waals surface area contributed by atoms with Gasteiger partial charge in [-0.3, -0.25) is 9.59 Å². The van der Waals surface area contributed by atoms with Gasteiger partial charge in [0.1, 0.15) is 6.54 Å². The van der Waals surface area contributed by atoms with Crippen LogP contribution in [-0.2, 0) is 11.3 Å². The molecule has 1 aromatic heterocycles. The summed E-state index contributed by atoms with van der Waals surface area (Å²) in [7, 11) is 0. The molecule has 0 spiro atoms. The summed E-state index contributed by atoms with van der Waals surface area (Å²) >= 11 is 0. The molecule has 3 aromatic rings. The highest BCUT2D eigenvalue weighted by atomic mass is 35.5. The van der Waals surface area contributed by atoms with E-state index in [0.717, 1.165) is 23.9 Å². The van der Waals surface area contributed by atoms with E-state index in [9.17, 15) is 9.59 Å². The van der Waals surface area contributed by atoms with Crippen LogP contribution >= 0.6 is 12.4 Å². The van der Waals surface area contributed by atoms with Crippen molar-refractivity contribution in [1.82, 2.24) is 9.47 Å². The minimum Gasteiger partial charge on any atom is -0.341 e. The number of para-hydroxylation sites is 2. The van der Waals surface area contributed by atoms with E-state index >= 15 is 0 Å². The van der Waals surface area contributed by atoms with Crippen molar-refractivity contribution in [2.24, 2.45) is 5.73 Å². The van der Waals surface area contributed by atoms with E-state index in [-0.39, 0.29) is 36.3 Å². The molecule has 0 bridgehead atoms. The maximum Gasteiger partial charge on any atom is 0.242 e. The molecule has 1 saturated heterocycles. The number of piperidine rings is 1.